The maximum atomic E-state index is 11.5. The zero-order chi connectivity index (χ0) is 14.4. The number of rotatable bonds is 5. The maximum Gasteiger partial charge on any atom is 0.319 e. The van der Waals surface area contributed by atoms with Crippen LogP contribution >= 0.6 is 15.9 Å². The van der Waals surface area contributed by atoms with E-state index in [1.807, 2.05) is 19.1 Å². The Balaban J connectivity index is 2.83. The summed E-state index contributed by atoms with van der Waals surface area (Å²) >= 11 is 3.36. The maximum absolute atomic E-state index is 11.5. The second kappa shape index (κ2) is 7.13. The summed E-state index contributed by atoms with van der Waals surface area (Å²) in [7, 11) is 0. The van der Waals surface area contributed by atoms with E-state index < -0.39 is 6.03 Å². The number of hydrogen-bond acceptors (Lipinski definition) is 3. The van der Waals surface area contributed by atoms with Crippen LogP contribution in [0.4, 0.5) is 10.5 Å². The first-order chi connectivity index (χ1) is 8.95. The molecular formula is C13H17BrN2O3. The lowest BCUT2D eigenvalue weighted by atomic mass is 10.2. The van der Waals surface area contributed by atoms with Gasteiger partial charge in [-0.1, -0.05) is 15.9 Å². The van der Waals surface area contributed by atoms with E-state index in [9.17, 15) is 9.59 Å². The molecule has 0 aliphatic carbocycles. The van der Waals surface area contributed by atoms with Gasteiger partial charge in [0.1, 0.15) is 0 Å². The summed E-state index contributed by atoms with van der Waals surface area (Å²) in [6, 6.07) is 4.91. The van der Waals surface area contributed by atoms with Gasteiger partial charge in [-0.05, 0) is 37.6 Å². The van der Waals surface area contributed by atoms with Crippen LogP contribution in [0, 0.1) is 6.92 Å². The van der Waals surface area contributed by atoms with E-state index in [2.05, 4.69) is 15.9 Å². The fourth-order valence-electron chi connectivity index (χ4n) is 1.71. The van der Waals surface area contributed by atoms with Crippen molar-refractivity contribution >= 4 is 33.6 Å². The number of anilines is 1. The number of benzene rings is 1. The quantitative estimate of drug-likeness (QED) is 0.844. The molecule has 0 fully saturated rings. The van der Waals surface area contributed by atoms with Crippen molar-refractivity contribution in [3.05, 3.63) is 28.2 Å². The van der Waals surface area contributed by atoms with Gasteiger partial charge in [0.05, 0.1) is 13.0 Å². The van der Waals surface area contributed by atoms with Crippen LogP contribution in [-0.4, -0.2) is 25.2 Å². The molecule has 19 heavy (non-hydrogen) atoms. The summed E-state index contributed by atoms with van der Waals surface area (Å²) in [6.45, 7) is 4.15. The number of urea groups is 1. The molecule has 2 N–H and O–H groups in total. The summed E-state index contributed by atoms with van der Waals surface area (Å²) in [6.07, 6.45) is 0.117. The van der Waals surface area contributed by atoms with E-state index in [-0.39, 0.29) is 18.9 Å². The van der Waals surface area contributed by atoms with E-state index in [4.69, 9.17) is 10.5 Å². The molecule has 0 aromatic heterocycles. The van der Waals surface area contributed by atoms with Gasteiger partial charge in [0.2, 0.25) is 0 Å². The Kier molecular flexibility index (Phi) is 5.82. The lowest BCUT2D eigenvalue weighted by Crippen LogP contribution is -2.38. The van der Waals surface area contributed by atoms with Crippen molar-refractivity contribution in [3.63, 3.8) is 0 Å². The molecule has 0 unspecified atom stereocenters. The summed E-state index contributed by atoms with van der Waals surface area (Å²) in [5.74, 6) is -0.344. The number of nitrogens with zero attached hydrogens (tertiary/aromatic N) is 1. The summed E-state index contributed by atoms with van der Waals surface area (Å²) in [5, 5.41) is 0. The van der Waals surface area contributed by atoms with E-state index in [0.717, 1.165) is 10.0 Å². The van der Waals surface area contributed by atoms with Crippen molar-refractivity contribution in [2.45, 2.75) is 20.3 Å². The van der Waals surface area contributed by atoms with Crippen molar-refractivity contribution in [2.24, 2.45) is 5.73 Å². The molecule has 104 valence electrons. The van der Waals surface area contributed by atoms with Gasteiger partial charge in [0.25, 0.3) is 0 Å². The topological polar surface area (TPSA) is 72.6 Å². The molecule has 0 spiro atoms. The highest BCUT2D eigenvalue weighted by Gasteiger charge is 2.16. The van der Waals surface area contributed by atoms with Gasteiger partial charge in [-0.2, -0.15) is 0 Å². The van der Waals surface area contributed by atoms with Crippen molar-refractivity contribution in [1.82, 2.24) is 0 Å². The van der Waals surface area contributed by atoms with Crippen molar-refractivity contribution in [1.29, 1.82) is 0 Å². The summed E-state index contributed by atoms with van der Waals surface area (Å²) < 4.78 is 5.75. The Morgan fingerprint density at radius 3 is 2.63 bits per heavy atom. The van der Waals surface area contributed by atoms with Gasteiger partial charge in [-0.15, -0.1) is 0 Å². The number of halogens is 1. The third kappa shape index (κ3) is 4.55. The second-order valence-electron chi connectivity index (χ2n) is 3.98. The number of carbonyl (C=O) groups excluding carboxylic acids is 2. The van der Waals surface area contributed by atoms with E-state index in [1.54, 1.807) is 13.0 Å². The van der Waals surface area contributed by atoms with Crippen molar-refractivity contribution < 1.29 is 14.3 Å². The number of hydrogen-bond donors (Lipinski definition) is 1. The monoisotopic (exact) mass is 328 g/mol. The minimum absolute atomic E-state index is 0.117. The number of nitrogens with two attached hydrogens (primary N) is 1. The molecule has 0 aliphatic rings. The predicted molar refractivity (Wildman–Crippen MR) is 77.1 cm³/mol. The van der Waals surface area contributed by atoms with Gasteiger partial charge in [-0.25, -0.2) is 4.79 Å². The van der Waals surface area contributed by atoms with Gasteiger partial charge in [-0.3, -0.25) is 9.69 Å². The zero-order valence-corrected chi connectivity index (χ0v) is 12.6. The Morgan fingerprint density at radius 1 is 1.42 bits per heavy atom. The highest BCUT2D eigenvalue weighted by Crippen LogP contribution is 2.24. The Morgan fingerprint density at radius 2 is 2.11 bits per heavy atom. The first-order valence-electron chi connectivity index (χ1n) is 5.94. The van der Waals surface area contributed by atoms with Crippen LogP contribution in [0.2, 0.25) is 0 Å². The predicted octanol–water partition coefficient (Wildman–Crippen LogP) is 2.60. The van der Waals surface area contributed by atoms with Crippen LogP contribution in [0.3, 0.4) is 0 Å². The molecule has 1 rings (SSSR count). The fraction of sp³-hybridized carbons (Fsp3) is 0.385. The number of aryl methyl sites for hydroxylation is 1. The lowest BCUT2D eigenvalue weighted by molar-refractivity contribution is -0.142. The molecule has 0 bridgehead atoms. The fourth-order valence-corrected chi connectivity index (χ4v) is 2.18. The van der Waals surface area contributed by atoms with Crippen LogP contribution < -0.4 is 10.6 Å². The van der Waals surface area contributed by atoms with Crippen LogP contribution in [0.15, 0.2) is 22.7 Å². The minimum atomic E-state index is -0.588. The summed E-state index contributed by atoms with van der Waals surface area (Å²) in [4.78, 5) is 24.2. The molecular weight excluding hydrogens is 312 g/mol. The standard InChI is InChI=1S/C13H17BrN2O3/c1-3-19-12(17)6-7-16(13(15)18)11-5-4-10(14)8-9(11)2/h4-5,8H,3,6-7H2,1-2H3,(H2,15,18). The average Bonchev–Trinajstić information content (AvgIpc) is 2.31. The first kappa shape index (κ1) is 15.5. The molecule has 1 aromatic carbocycles. The minimum Gasteiger partial charge on any atom is -0.466 e. The normalized spacial score (nSPS) is 10.1. The molecule has 0 atom stereocenters. The molecule has 0 saturated carbocycles. The van der Waals surface area contributed by atoms with Crippen molar-refractivity contribution in [3.8, 4) is 0 Å². The molecule has 6 heteroatoms. The molecule has 1 aromatic rings. The Hall–Kier alpha value is -1.56. The van der Waals surface area contributed by atoms with Gasteiger partial charge < -0.3 is 10.5 Å². The van der Waals surface area contributed by atoms with Gasteiger partial charge >= 0.3 is 12.0 Å². The average molecular weight is 329 g/mol. The van der Waals surface area contributed by atoms with Gasteiger partial charge in [0, 0.05) is 16.7 Å². The van der Waals surface area contributed by atoms with E-state index in [1.165, 1.54) is 4.90 Å². The molecule has 5 nitrogen and oxygen atoms in total. The Labute approximate surface area is 120 Å². The third-order valence-corrected chi connectivity index (χ3v) is 3.05. The number of ether oxygens (including phenoxy) is 1. The first-order valence-corrected chi connectivity index (χ1v) is 6.73. The number of carbonyl (C=O) groups is 2. The van der Waals surface area contributed by atoms with Crippen LogP contribution in [-0.2, 0) is 9.53 Å². The van der Waals surface area contributed by atoms with E-state index in [0.29, 0.717) is 12.3 Å². The summed E-state index contributed by atoms with van der Waals surface area (Å²) in [5.41, 5.74) is 6.95. The lowest BCUT2D eigenvalue weighted by Gasteiger charge is -2.22. The van der Waals surface area contributed by atoms with Crippen molar-refractivity contribution in [2.75, 3.05) is 18.1 Å². The molecule has 0 heterocycles. The smallest absolute Gasteiger partial charge is 0.319 e. The SMILES string of the molecule is CCOC(=O)CCN(C(N)=O)c1ccc(Br)cc1C. The highest BCUT2D eigenvalue weighted by atomic mass is 79.9. The number of esters is 1. The third-order valence-electron chi connectivity index (χ3n) is 2.56. The Bertz CT molecular complexity index is 477. The second-order valence-corrected chi connectivity index (χ2v) is 4.89. The van der Waals surface area contributed by atoms with Crippen LogP contribution in [0.1, 0.15) is 18.9 Å². The molecule has 0 radical (unpaired) electrons. The zero-order valence-electron chi connectivity index (χ0n) is 11.0. The van der Waals surface area contributed by atoms with Crippen LogP contribution in [0.5, 0.6) is 0 Å². The molecule has 2 amide bonds. The van der Waals surface area contributed by atoms with Gasteiger partial charge in [0.15, 0.2) is 0 Å². The van der Waals surface area contributed by atoms with Crippen LogP contribution in [0.25, 0.3) is 0 Å². The largest absolute Gasteiger partial charge is 0.466 e. The molecule has 0 saturated heterocycles. The number of primary amides is 1. The number of amides is 2. The molecule has 0 aliphatic heterocycles. The van der Waals surface area contributed by atoms with E-state index >= 15 is 0 Å². The highest BCUT2D eigenvalue weighted by molar-refractivity contribution is 9.10.